The number of carboxylic acids is 1. The molecular weight excluding hydrogens is 448 g/mol. The highest BCUT2D eigenvalue weighted by Crippen LogP contribution is 2.53. The number of carbonyl (C=O) groups is 3. The zero-order chi connectivity index (χ0) is 24.7. The summed E-state index contributed by atoms with van der Waals surface area (Å²) in [5, 5.41) is 24.7. The lowest BCUT2D eigenvalue weighted by Crippen LogP contribution is -2.58. The minimum absolute atomic E-state index is 0.0309. The average molecular weight is 479 g/mol. The fraction of sp³-hybridized carbons (Fsp3) is 0.444. The van der Waals surface area contributed by atoms with Crippen LogP contribution in [0.1, 0.15) is 49.3 Å². The van der Waals surface area contributed by atoms with E-state index in [1.807, 2.05) is 30.3 Å². The smallest absolute Gasteiger partial charge is 0.325 e. The van der Waals surface area contributed by atoms with Gasteiger partial charge in [0, 0.05) is 24.1 Å². The number of fused-ring (bicyclic) bond motifs is 1. The third kappa shape index (κ3) is 3.67. The van der Waals surface area contributed by atoms with E-state index in [9.17, 15) is 24.6 Å². The van der Waals surface area contributed by atoms with Gasteiger partial charge in [-0.2, -0.15) is 0 Å². The van der Waals surface area contributed by atoms with Crippen molar-refractivity contribution in [2.45, 2.75) is 56.1 Å². The standard InChI is InChI=1S/C27H30N2O6/c1-35-19-14-8-13-18(23(19)30)22-20-21(25(32)29(24(20)31)17-11-6-3-7-12-17)27(28-22,26(33)34)15-16-9-4-2-5-10-16/h2,4-5,8-10,13-14,17,20-22,28,30H,3,6-7,11-12,15H2,1H3,(H,33,34). The number of phenolic OH excluding ortho intramolecular Hbond substituents is 1. The van der Waals surface area contributed by atoms with E-state index in [1.54, 1.807) is 18.2 Å². The molecule has 2 aromatic rings. The highest BCUT2D eigenvalue weighted by atomic mass is 16.5. The normalized spacial score (nSPS) is 28.8. The van der Waals surface area contributed by atoms with Crippen molar-refractivity contribution in [1.29, 1.82) is 0 Å². The van der Waals surface area contributed by atoms with Gasteiger partial charge in [0.25, 0.3) is 0 Å². The number of nitrogens with zero attached hydrogens (tertiary/aromatic N) is 1. The molecule has 35 heavy (non-hydrogen) atoms. The average Bonchev–Trinajstić information content (AvgIpc) is 3.34. The molecule has 1 saturated carbocycles. The van der Waals surface area contributed by atoms with Crippen LogP contribution in [0.3, 0.4) is 0 Å². The predicted octanol–water partition coefficient (Wildman–Crippen LogP) is 3.05. The van der Waals surface area contributed by atoms with Gasteiger partial charge >= 0.3 is 5.97 Å². The van der Waals surface area contributed by atoms with Gasteiger partial charge in [-0.15, -0.1) is 0 Å². The van der Waals surface area contributed by atoms with Crippen molar-refractivity contribution in [3.05, 3.63) is 59.7 Å². The van der Waals surface area contributed by atoms with Gasteiger partial charge in [0.1, 0.15) is 5.54 Å². The summed E-state index contributed by atoms with van der Waals surface area (Å²) in [6.45, 7) is 0. The summed E-state index contributed by atoms with van der Waals surface area (Å²) in [4.78, 5) is 42.1. The first-order valence-corrected chi connectivity index (χ1v) is 12.2. The van der Waals surface area contributed by atoms with E-state index < -0.39 is 35.3 Å². The lowest BCUT2D eigenvalue weighted by atomic mass is 9.76. The zero-order valence-electron chi connectivity index (χ0n) is 19.6. The first-order chi connectivity index (χ1) is 16.9. The molecule has 1 aliphatic carbocycles. The number of rotatable bonds is 6. The molecule has 3 N–H and O–H groups in total. The first-order valence-electron chi connectivity index (χ1n) is 12.2. The highest BCUT2D eigenvalue weighted by molar-refractivity contribution is 6.10. The van der Waals surface area contributed by atoms with Gasteiger partial charge in [0.15, 0.2) is 11.5 Å². The van der Waals surface area contributed by atoms with Crippen LogP contribution in [0.15, 0.2) is 48.5 Å². The summed E-state index contributed by atoms with van der Waals surface area (Å²) in [5.74, 6) is -3.95. The molecule has 2 heterocycles. The molecule has 2 amide bonds. The van der Waals surface area contributed by atoms with E-state index in [2.05, 4.69) is 5.32 Å². The molecule has 3 aliphatic rings. The number of nitrogens with one attached hydrogen (secondary N) is 1. The summed E-state index contributed by atoms with van der Waals surface area (Å²) in [7, 11) is 1.43. The SMILES string of the molecule is COc1cccc(C2NC(Cc3ccccc3)(C(=O)O)C3C(=O)N(C4CCCCC4)C(=O)C23)c1O. The van der Waals surface area contributed by atoms with Crippen molar-refractivity contribution in [2.24, 2.45) is 11.8 Å². The molecule has 0 bridgehead atoms. The van der Waals surface area contributed by atoms with Gasteiger partial charge in [0.2, 0.25) is 11.8 Å². The number of carbonyl (C=O) groups excluding carboxylic acids is 2. The van der Waals surface area contributed by atoms with Gasteiger partial charge in [-0.25, -0.2) is 0 Å². The zero-order valence-corrected chi connectivity index (χ0v) is 19.6. The number of phenols is 1. The first kappa shape index (κ1) is 23.4. The quantitative estimate of drug-likeness (QED) is 0.547. The van der Waals surface area contributed by atoms with Crippen LogP contribution in [-0.2, 0) is 20.8 Å². The molecule has 0 spiro atoms. The number of methoxy groups -OCH3 is 1. The molecular formula is C27H30N2O6. The Labute approximate surface area is 203 Å². The Kier molecular flexibility index (Phi) is 6.01. The highest BCUT2D eigenvalue weighted by Gasteiger charge is 2.69. The number of hydrogen-bond acceptors (Lipinski definition) is 6. The second kappa shape index (κ2) is 9.00. The van der Waals surface area contributed by atoms with Crippen molar-refractivity contribution in [3.63, 3.8) is 0 Å². The molecule has 2 aliphatic heterocycles. The molecule has 4 atom stereocenters. The Morgan fingerprint density at radius 3 is 2.43 bits per heavy atom. The van der Waals surface area contributed by atoms with Crippen molar-refractivity contribution >= 4 is 17.8 Å². The van der Waals surface area contributed by atoms with E-state index in [4.69, 9.17) is 4.74 Å². The maximum absolute atomic E-state index is 13.9. The molecule has 184 valence electrons. The summed E-state index contributed by atoms with van der Waals surface area (Å²) in [5.41, 5.74) is -0.613. The second-order valence-electron chi connectivity index (χ2n) is 9.80. The molecule has 5 rings (SSSR count). The van der Waals surface area contributed by atoms with Gasteiger partial charge in [-0.05, 0) is 24.5 Å². The predicted molar refractivity (Wildman–Crippen MR) is 127 cm³/mol. The van der Waals surface area contributed by atoms with Crippen molar-refractivity contribution in [2.75, 3.05) is 7.11 Å². The third-order valence-corrected chi connectivity index (χ3v) is 7.92. The third-order valence-electron chi connectivity index (χ3n) is 7.92. The number of para-hydroxylation sites is 1. The van der Waals surface area contributed by atoms with Gasteiger partial charge in [-0.3, -0.25) is 24.6 Å². The summed E-state index contributed by atoms with van der Waals surface area (Å²) >= 11 is 0. The molecule has 2 aromatic carbocycles. The number of hydrogen-bond donors (Lipinski definition) is 3. The molecule has 2 saturated heterocycles. The Morgan fingerprint density at radius 2 is 1.77 bits per heavy atom. The largest absolute Gasteiger partial charge is 0.504 e. The van der Waals surface area contributed by atoms with Crippen molar-refractivity contribution in [1.82, 2.24) is 10.2 Å². The molecule has 3 fully saturated rings. The number of carboxylic acid groups (broad SMARTS) is 1. The summed E-state index contributed by atoms with van der Waals surface area (Å²) in [6.07, 6.45) is 4.43. The van der Waals surface area contributed by atoms with Gasteiger partial charge in [-0.1, -0.05) is 61.7 Å². The van der Waals surface area contributed by atoms with E-state index in [-0.39, 0.29) is 29.9 Å². The number of benzene rings is 2. The summed E-state index contributed by atoms with van der Waals surface area (Å²) in [6, 6.07) is 13.0. The van der Waals surface area contributed by atoms with Crippen LogP contribution in [0.5, 0.6) is 11.5 Å². The Balaban J connectivity index is 1.64. The number of amides is 2. The van der Waals surface area contributed by atoms with E-state index in [1.165, 1.54) is 12.0 Å². The van der Waals surface area contributed by atoms with E-state index in [0.29, 0.717) is 5.56 Å². The minimum Gasteiger partial charge on any atom is -0.504 e. The number of aromatic hydroxyl groups is 1. The van der Waals surface area contributed by atoms with Crippen molar-refractivity contribution < 1.29 is 29.3 Å². The molecule has 0 radical (unpaired) electrons. The van der Waals surface area contributed by atoms with Crippen molar-refractivity contribution in [3.8, 4) is 11.5 Å². The molecule has 4 unspecified atom stereocenters. The summed E-state index contributed by atoms with van der Waals surface area (Å²) < 4.78 is 5.26. The second-order valence-corrected chi connectivity index (χ2v) is 9.80. The fourth-order valence-electron chi connectivity index (χ4n) is 6.30. The minimum atomic E-state index is -1.71. The van der Waals surface area contributed by atoms with E-state index >= 15 is 0 Å². The molecule has 0 aromatic heterocycles. The number of likely N-dealkylation sites (tertiary alicyclic amines) is 1. The van der Waals surface area contributed by atoms with Crippen LogP contribution >= 0.6 is 0 Å². The monoisotopic (exact) mass is 478 g/mol. The van der Waals surface area contributed by atoms with Crippen LogP contribution in [0.25, 0.3) is 0 Å². The van der Waals surface area contributed by atoms with Crippen LogP contribution in [0, 0.1) is 11.8 Å². The Bertz CT molecular complexity index is 1150. The van der Waals surface area contributed by atoms with Crippen LogP contribution in [0.2, 0.25) is 0 Å². The Morgan fingerprint density at radius 1 is 1.06 bits per heavy atom. The van der Waals surface area contributed by atoms with Crippen LogP contribution < -0.4 is 10.1 Å². The number of imide groups is 1. The molecule has 8 nitrogen and oxygen atoms in total. The van der Waals surface area contributed by atoms with Crippen LogP contribution in [0.4, 0.5) is 0 Å². The number of ether oxygens (including phenoxy) is 1. The topological polar surface area (TPSA) is 116 Å². The lowest BCUT2D eigenvalue weighted by Gasteiger charge is -2.34. The van der Waals surface area contributed by atoms with Gasteiger partial charge < -0.3 is 14.9 Å². The van der Waals surface area contributed by atoms with Crippen LogP contribution in [-0.4, -0.2) is 51.6 Å². The van der Waals surface area contributed by atoms with E-state index in [0.717, 1.165) is 37.7 Å². The molecule has 8 heteroatoms. The number of aliphatic carboxylic acids is 1. The maximum atomic E-state index is 13.9. The lowest BCUT2D eigenvalue weighted by molar-refractivity contribution is -0.152. The Hall–Kier alpha value is -3.39. The fourth-order valence-corrected chi connectivity index (χ4v) is 6.30. The van der Waals surface area contributed by atoms with Gasteiger partial charge in [0.05, 0.1) is 18.9 Å². The maximum Gasteiger partial charge on any atom is 0.325 e.